The van der Waals surface area contributed by atoms with Crippen LogP contribution < -0.4 is 10.2 Å². The van der Waals surface area contributed by atoms with Crippen molar-refractivity contribution in [3.05, 3.63) is 59.9 Å². The monoisotopic (exact) mass is 326 g/mol. The number of para-hydroxylation sites is 2. The van der Waals surface area contributed by atoms with Crippen LogP contribution in [-0.4, -0.2) is 19.0 Å². The van der Waals surface area contributed by atoms with E-state index in [1.54, 1.807) is 12.1 Å². The van der Waals surface area contributed by atoms with Crippen LogP contribution in [0.2, 0.25) is 0 Å². The largest absolute Gasteiger partial charge is 0.370 e. The van der Waals surface area contributed by atoms with Crippen LogP contribution >= 0.6 is 0 Å². The van der Waals surface area contributed by atoms with Gasteiger partial charge in [-0.2, -0.15) is 0 Å². The number of carbonyl (C=O) groups excluding carboxylic acids is 1. The fraction of sp³-hybridized carbons (Fsp3) is 0.350. The Hall–Kier alpha value is -2.36. The molecular weight excluding hydrogens is 303 g/mol. The Balaban J connectivity index is 1.79. The Morgan fingerprint density at radius 1 is 1.12 bits per heavy atom. The van der Waals surface area contributed by atoms with Crippen LogP contribution in [0.5, 0.6) is 0 Å². The van der Waals surface area contributed by atoms with Gasteiger partial charge in [-0.1, -0.05) is 31.2 Å². The van der Waals surface area contributed by atoms with Crippen molar-refractivity contribution in [1.82, 2.24) is 0 Å². The van der Waals surface area contributed by atoms with Gasteiger partial charge in [0.05, 0.1) is 17.3 Å². The van der Waals surface area contributed by atoms with Crippen molar-refractivity contribution in [1.29, 1.82) is 0 Å². The standard InChI is InChI=1S/C20H23FN2O/c1-2-17(15-9-11-16(21)12-10-15)20(24)22-18-7-3-4-8-19(18)23-13-5-6-14-23/h3-4,7-12,17H,2,5-6,13-14H2,1H3,(H,22,24). The minimum absolute atomic E-state index is 0.0456. The number of benzene rings is 2. The highest BCUT2D eigenvalue weighted by Gasteiger charge is 2.21. The summed E-state index contributed by atoms with van der Waals surface area (Å²) in [5.74, 6) is -0.610. The van der Waals surface area contributed by atoms with Gasteiger partial charge in [0.15, 0.2) is 0 Å². The zero-order chi connectivity index (χ0) is 16.9. The molecule has 1 heterocycles. The van der Waals surface area contributed by atoms with Crippen LogP contribution in [-0.2, 0) is 4.79 Å². The van der Waals surface area contributed by atoms with Crippen LogP contribution in [0, 0.1) is 5.82 Å². The van der Waals surface area contributed by atoms with E-state index >= 15 is 0 Å². The highest BCUT2D eigenvalue weighted by atomic mass is 19.1. The highest BCUT2D eigenvalue weighted by molar-refractivity contribution is 5.98. The lowest BCUT2D eigenvalue weighted by atomic mass is 9.95. The quantitative estimate of drug-likeness (QED) is 0.873. The molecule has 1 saturated heterocycles. The number of anilines is 2. The van der Waals surface area contributed by atoms with E-state index in [2.05, 4.69) is 16.3 Å². The number of hydrogen-bond donors (Lipinski definition) is 1. The Morgan fingerprint density at radius 3 is 2.46 bits per heavy atom. The van der Waals surface area contributed by atoms with E-state index < -0.39 is 0 Å². The van der Waals surface area contributed by atoms with Crippen LogP contribution in [0.3, 0.4) is 0 Å². The van der Waals surface area contributed by atoms with Gasteiger partial charge in [0.25, 0.3) is 0 Å². The number of halogens is 1. The van der Waals surface area contributed by atoms with Crippen LogP contribution in [0.15, 0.2) is 48.5 Å². The van der Waals surface area contributed by atoms with Gasteiger partial charge in [0, 0.05) is 13.1 Å². The first-order valence-corrected chi connectivity index (χ1v) is 8.59. The van der Waals surface area contributed by atoms with Crippen LogP contribution in [0.1, 0.15) is 37.7 Å². The molecule has 1 N–H and O–H groups in total. The SMILES string of the molecule is CCC(C(=O)Nc1ccccc1N1CCCC1)c1ccc(F)cc1. The maximum atomic E-state index is 13.1. The van der Waals surface area contributed by atoms with Gasteiger partial charge in [-0.25, -0.2) is 4.39 Å². The second-order valence-electron chi connectivity index (χ2n) is 6.21. The fourth-order valence-electron chi connectivity index (χ4n) is 3.30. The van der Waals surface area contributed by atoms with E-state index in [1.165, 1.54) is 25.0 Å². The third-order valence-electron chi connectivity index (χ3n) is 4.61. The van der Waals surface area contributed by atoms with E-state index in [-0.39, 0.29) is 17.6 Å². The lowest BCUT2D eigenvalue weighted by Gasteiger charge is -2.23. The van der Waals surface area contributed by atoms with Gasteiger partial charge in [0.1, 0.15) is 5.82 Å². The molecule has 0 aromatic heterocycles. The van der Waals surface area contributed by atoms with Crippen LogP contribution in [0.4, 0.5) is 15.8 Å². The van der Waals surface area contributed by atoms with Gasteiger partial charge in [-0.15, -0.1) is 0 Å². The second-order valence-corrected chi connectivity index (χ2v) is 6.21. The highest BCUT2D eigenvalue weighted by Crippen LogP contribution is 2.30. The second kappa shape index (κ2) is 7.47. The van der Waals surface area contributed by atoms with Crippen molar-refractivity contribution in [2.45, 2.75) is 32.1 Å². The minimum atomic E-state index is -0.284. The van der Waals surface area contributed by atoms with Crippen molar-refractivity contribution < 1.29 is 9.18 Å². The lowest BCUT2D eigenvalue weighted by molar-refractivity contribution is -0.117. The fourth-order valence-corrected chi connectivity index (χ4v) is 3.30. The topological polar surface area (TPSA) is 32.3 Å². The van der Waals surface area contributed by atoms with Gasteiger partial charge < -0.3 is 10.2 Å². The molecule has 0 radical (unpaired) electrons. The van der Waals surface area contributed by atoms with E-state index in [1.807, 2.05) is 25.1 Å². The number of nitrogens with zero attached hydrogens (tertiary/aromatic N) is 1. The Bertz CT molecular complexity index is 693. The molecule has 0 aliphatic carbocycles. The first-order chi connectivity index (χ1) is 11.7. The third-order valence-corrected chi connectivity index (χ3v) is 4.61. The molecule has 2 aromatic rings. The maximum Gasteiger partial charge on any atom is 0.231 e. The average molecular weight is 326 g/mol. The normalized spacial score (nSPS) is 15.3. The Kier molecular flexibility index (Phi) is 5.14. The van der Waals surface area contributed by atoms with Gasteiger partial charge in [-0.05, 0) is 49.1 Å². The van der Waals surface area contributed by atoms with Gasteiger partial charge in [0.2, 0.25) is 5.91 Å². The molecule has 1 aliphatic rings. The molecule has 1 unspecified atom stereocenters. The van der Waals surface area contributed by atoms with Crippen LogP contribution in [0.25, 0.3) is 0 Å². The molecule has 0 spiro atoms. The molecule has 1 amide bonds. The summed E-state index contributed by atoms with van der Waals surface area (Å²) < 4.78 is 13.1. The van der Waals surface area contributed by atoms with Gasteiger partial charge in [-0.3, -0.25) is 4.79 Å². The summed E-state index contributed by atoms with van der Waals surface area (Å²) in [6.45, 7) is 4.03. The Labute approximate surface area is 142 Å². The summed E-state index contributed by atoms with van der Waals surface area (Å²) in [4.78, 5) is 15.1. The molecule has 1 fully saturated rings. The molecule has 3 nitrogen and oxygen atoms in total. The van der Waals surface area contributed by atoms with E-state index in [9.17, 15) is 9.18 Å². The predicted octanol–water partition coefficient (Wildman–Crippen LogP) is 4.56. The molecule has 1 atom stereocenters. The molecular formula is C20H23FN2O. The van der Waals surface area contributed by atoms with E-state index in [4.69, 9.17) is 0 Å². The summed E-state index contributed by atoms with van der Waals surface area (Å²) in [5, 5.41) is 3.08. The smallest absolute Gasteiger partial charge is 0.231 e. The minimum Gasteiger partial charge on any atom is -0.370 e. The number of carbonyl (C=O) groups is 1. The first-order valence-electron chi connectivity index (χ1n) is 8.59. The molecule has 0 bridgehead atoms. The lowest BCUT2D eigenvalue weighted by Crippen LogP contribution is -2.24. The molecule has 2 aromatic carbocycles. The zero-order valence-electron chi connectivity index (χ0n) is 14.0. The zero-order valence-corrected chi connectivity index (χ0v) is 14.0. The number of amides is 1. The summed E-state index contributed by atoms with van der Waals surface area (Å²) in [6, 6.07) is 14.1. The van der Waals surface area contributed by atoms with Gasteiger partial charge >= 0.3 is 0 Å². The maximum absolute atomic E-state index is 13.1. The van der Waals surface area contributed by atoms with Crippen molar-refractivity contribution >= 4 is 17.3 Å². The van der Waals surface area contributed by atoms with Crippen molar-refractivity contribution in [2.24, 2.45) is 0 Å². The molecule has 24 heavy (non-hydrogen) atoms. The van der Waals surface area contributed by atoms with Crippen molar-refractivity contribution in [3.8, 4) is 0 Å². The van der Waals surface area contributed by atoms with E-state index in [0.717, 1.165) is 30.0 Å². The third kappa shape index (κ3) is 3.58. The number of hydrogen-bond acceptors (Lipinski definition) is 2. The summed E-state index contributed by atoms with van der Waals surface area (Å²) in [6.07, 6.45) is 3.05. The summed E-state index contributed by atoms with van der Waals surface area (Å²) >= 11 is 0. The van der Waals surface area contributed by atoms with Crippen molar-refractivity contribution in [2.75, 3.05) is 23.3 Å². The first kappa shape index (κ1) is 16.5. The molecule has 126 valence electrons. The van der Waals surface area contributed by atoms with Crippen molar-refractivity contribution in [3.63, 3.8) is 0 Å². The number of nitrogens with one attached hydrogen (secondary N) is 1. The summed E-state index contributed by atoms with van der Waals surface area (Å²) in [7, 11) is 0. The Morgan fingerprint density at radius 2 is 1.79 bits per heavy atom. The molecule has 3 rings (SSSR count). The average Bonchev–Trinajstić information content (AvgIpc) is 3.12. The summed E-state index contributed by atoms with van der Waals surface area (Å²) in [5.41, 5.74) is 2.78. The molecule has 0 saturated carbocycles. The molecule has 1 aliphatic heterocycles. The molecule has 4 heteroatoms. The van der Waals surface area contributed by atoms with E-state index in [0.29, 0.717) is 6.42 Å². The predicted molar refractivity (Wildman–Crippen MR) is 96.0 cm³/mol. The number of rotatable bonds is 5.